The van der Waals surface area contributed by atoms with Crippen LogP contribution in [0, 0.1) is 0 Å². The first-order valence-corrected chi connectivity index (χ1v) is 11.0. The Labute approximate surface area is 237 Å². The smallest absolute Gasteiger partial charge is 0.747 e. The van der Waals surface area contributed by atoms with E-state index in [9.17, 15) is 42.7 Å². The molecular formula is C17H18N2Na2O10S2. The maximum absolute atomic E-state index is 13.0. The van der Waals surface area contributed by atoms with Crippen LogP contribution in [0.2, 0.25) is 0 Å². The van der Waals surface area contributed by atoms with E-state index in [0.29, 0.717) is 6.07 Å². The number of carboxylic acids is 1. The summed E-state index contributed by atoms with van der Waals surface area (Å²) in [4.78, 5) is 38.4. The number of aliphatic carboxylic acids is 1. The summed E-state index contributed by atoms with van der Waals surface area (Å²) < 4.78 is 39.5. The first kappa shape index (κ1) is 30.5. The Balaban J connectivity index is 0.00000272. The Kier molecular flexibility index (Phi) is 9.08. The number of carbonyl (C=O) groups excluding carboxylic acids is 3. The van der Waals surface area contributed by atoms with Crippen molar-refractivity contribution in [2.45, 2.75) is 41.0 Å². The molecule has 2 amide bonds. The van der Waals surface area contributed by atoms with Crippen LogP contribution < -0.4 is 69.5 Å². The average Bonchev–Trinajstić information content (AvgIpc) is 2.77. The molecule has 2 saturated heterocycles. The summed E-state index contributed by atoms with van der Waals surface area (Å²) in [7, 11) is -4.20. The normalized spacial score (nSPS) is 26.2. The van der Waals surface area contributed by atoms with Crippen LogP contribution >= 0.6 is 11.8 Å². The van der Waals surface area contributed by atoms with E-state index >= 15 is 0 Å². The van der Waals surface area contributed by atoms with Crippen molar-refractivity contribution in [3.05, 3.63) is 23.8 Å². The molecule has 3 atom stereocenters. The number of phenols is 2. The third-order valence-corrected chi connectivity index (χ3v) is 8.02. The van der Waals surface area contributed by atoms with Gasteiger partial charge in [-0.05, 0) is 31.5 Å². The maximum atomic E-state index is 13.0. The average molecular weight is 520 g/mol. The fraction of sp³-hybridized carbons (Fsp3) is 0.471. The van der Waals surface area contributed by atoms with E-state index in [1.54, 1.807) is 0 Å². The van der Waals surface area contributed by atoms with Gasteiger partial charge in [0.05, 0.1) is 17.1 Å². The number of hydrogen-bond acceptors (Lipinski definition) is 11. The summed E-state index contributed by atoms with van der Waals surface area (Å²) in [6.07, 6.45) is -0.197. The number of β-lactam (4-membered cyclic amide) rings is 1. The second kappa shape index (κ2) is 9.84. The molecule has 2 aliphatic heterocycles. The van der Waals surface area contributed by atoms with Crippen LogP contribution in [0.3, 0.4) is 0 Å². The molecule has 12 nitrogen and oxygen atoms in total. The molecule has 16 heteroatoms. The third kappa shape index (κ3) is 4.67. The summed E-state index contributed by atoms with van der Waals surface area (Å²) in [6, 6.07) is 2.45. The van der Waals surface area contributed by atoms with Crippen molar-refractivity contribution in [3.63, 3.8) is 0 Å². The van der Waals surface area contributed by atoms with E-state index in [0.717, 1.165) is 28.8 Å². The molecule has 3 N–H and O–H groups in total. The molecule has 1 aromatic carbocycles. The monoisotopic (exact) mass is 520 g/mol. The van der Waals surface area contributed by atoms with Gasteiger partial charge in [0.25, 0.3) is 0 Å². The number of nitrogens with zero attached hydrogens (tertiary/aromatic N) is 1. The van der Waals surface area contributed by atoms with Crippen LogP contribution in [-0.2, 0) is 29.2 Å². The maximum Gasteiger partial charge on any atom is 1.00 e. The number of carbonyl (C=O) groups is 3. The predicted molar refractivity (Wildman–Crippen MR) is 101 cm³/mol. The Hall–Kier alpha value is -0.550. The van der Waals surface area contributed by atoms with Gasteiger partial charge in [0.2, 0.25) is 16.9 Å². The van der Waals surface area contributed by atoms with Crippen molar-refractivity contribution >= 4 is 39.7 Å². The number of methoxy groups -OCH3 is 1. The molecule has 3 rings (SSSR count). The van der Waals surface area contributed by atoms with Gasteiger partial charge in [0.1, 0.15) is 10.1 Å². The van der Waals surface area contributed by atoms with E-state index in [-0.39, 0.29) is 65.5 Å². The van der Waals surface area contributed by atoms with Crippen LogP contribution in [0.1, 0.15) is 31.1 Å². The molecular weight excluding hydrogens is 502 g/mol. The number of amides is 2. The number of rotatable bonds is 6. The zero-order valence-electron chi connectivity index (χ0n) is 18.4. The summed E-state index contributed by atoms with van der Waals surface area (Å²) in [5.41, 5.74) is -3.07. The van der Waals surface area contributed by atoms with Gasteiger partial charge in [-0.2, -0.15) is 0 Å². The molecule has 0 aliphatic carbocycles. The molecule has 1 aromatic rings. The van der Waals surface area contributed by atoms with Crippen molar-refractivity contribution in [1.82, 2.24) is 10.2 Å². The standard InChI is InChI=1S/C17H20N2O10S2.2Na/c1-15(2)17(14(24)25,19-11(22)7-16(19,29-3)30-15)18-13(23)12(31(26,27)28)8-4-5-9(20)10(21)6-8;;/h4-6,12,20-21H,7H2,1-3H3,(H,18,23)(H,24,25)(H,26,27,28);;/q;2*+1/p-2/t12-,16?,17+;;/m1../s1. The number of ether oxygens (including phenoxy) is 1. The number of fused-ring (bicyclic) bond motifs is 1. The second-order valence-electron chi connectivity index (χ2n) is 7.54. The molecule has 2 heterocycles. The molecule has 0 aromatic heterocycles. The molecule has 0 saturated carbocycles. The SMILES string of the molecule is COC12CC(=O)N1[C@@](NC(=O)[C@@H](c1ccc(O)c(O)c1)S(=O)(=O)[O-])(C(=O)[O-])C(C)(C)S2.[Na+].[Na+]. The van der Waals surface area contributed by atoms with E-state index in [4.69, 9.17) is 4.74 Å². The molecule has 2 aliphatic rings. The molecule has 1 unspecified atom stereocenters. The van der Waals surface area contributed by atoms with Crippen LogP contribution in [0.15, 0.2) is 18.2 Å². The molecule has 170 valence electrons. The van der Waals surface area contributed by atoms with Crippen molar-refractivity contribution in [2.75, 3.05) is 7.11 Å². The van der Waals surface area contributed by atoms with E-state index in [2.05, 4.69) is 0 Å². The minimum atomic E-state index is -5.44. The van der Waals surface area contributed by atoms with Crippen LogP contribution in [-0.4, -0.2) is 68.4 Å². The summed E-state index contributed by atoms with van der Waals surface area (Å²) in [6.45, 7) is 2.76. The Morgan fingerprint density at radius 3 is 2.24 bits per heavy atom. The van der Waals surface area contributed by atoms with Crippen molar-refractivity contribution in [1.29, 1.82) is 0 Å². The van der Waals surface area contributed by atoms with Crippen LogP contribution in [0.25, 0.3) is 0 Å². The summed E-state index contributed by atoms with van der Waals surface area (Å²) >= 11 is 0.912. The first-order valence-electron chi connectivity index (χ1n) is 8.71. The van der Waals surface area contributed by atoms with Gasteiger partial charge in [0.15, 0.2) is 22.4 Å². The fourth-order valence-corrected chi connectivity index (χ4v) is 6.49. The summed E-state index contributed by atoms with van der Waals surface area (Å²) in [5.74, 6) is -5.62. The number of thioether (sulfide) groups is 1. The van der Waals surface area contributed by atoms with Gasteiger partial charge in [-0.15, -0.1) is 0 Å². The van der Waals surface area contributed by atoms with Crippen LogP contribution in [0.5, 0.6) is 11.5 Å². The van der Waals surface area contributed by atoms with Gasteiger partial charge >= 0.3 is 59.1 Å². The number of hydrogen-bond donors (Lipinski definition) is 3. The molecule has 33 heavy (non-hydrogen) atoms. The predicted octanol–water partition coefficient (Wildman–Crippen LogP) is -7.69. The second-order valence-corrected chi connectivity index (χ2v) is 10.9. The first-order chi connectivity index (χ1) is 14.1. The molecule has 0 radical (unpaired) electrons. The zero-order chi connectivity index (χ0) is 23.6. The van der Waals surface area contributed by atoms with E-state index in [1.807, 2.05) is 5.32 Å². The topological polar surface area (TPSA) is 196 Å². The van der Waals surface area contributed by atoms with Gasteiger partial charge in [-0.25, -0.2) is 8.42 Å². The Morgan fingerprint density at radius 2 is 1.82 bits per heavy atom. The van der Waals surface area contributed by atoms with Crippen LogP contribution in [0.4, 0.5) is 0 Å². The molecule has 0 spiro atoms. The number of benzene rings is 1. The minimum absolute atomic E-state index is 0. The third-order valence-electron chi connectivity index (χ3n) is 5.33. The van der Waals surface area contributed by atoms with Gasteiger partial charge < -0.3 is 34.7 Å². The number of carboxylic acid groups (broad SMARTS) is 1. The zero-order valence-corrected chi connectivity index (χ0v) is 24.1. The molecule has 2 fully saturated rings. The molecule has 0 bridgehead atoms. The van der Waals surface area contributed by atoms with Crippen molar-refractivity contribution < 1.29 is 107 Å². The van der Waals surface area contributed by atoms with Gasteiger partial charge in [-0.1, -0.05) is 17.8 Å². The number of aromatic hydroxyl groups is 2. The van der Waals surface area contributed by atoms with Crippen molar-refractivity contribution in [2.24, 2.45) is 0 Å². The fourth-order valence-electron chi connectivity index (χ4n) is 3.91. The Morgan fingerprint density at radius 1 is 1.24 bits per heavy atom. The van der Waals surface area contributed by atoms with E-state index in [1.165, 1.54) is 21.0 Å². The number of nitrogens with one attached hydrogen (secondary N) is 1. The summed E-state index contributed by atoms with van der Waals surface area (Å²) in [5, 5.41) is 29.4. The van der Waals surface area contributed by atoms with Gasteiger partial charge in [-0.3, -0.25) is 14.5 Å². The van der Waals surface area contributed by atoms with Gasteiger partial charge in [0, 0.05) is 7.11 Å². The Bertz CT molecular complexity index is 1100. The number of phenolic OH excluding ortho intramolecular Hbond substituents is 2. The minimum Gasteiger partial charge on any atom is -0.747 e. The quantitative estimate of drug-likeness (QED) is 0.139. The van der Waals surface area contributed by atoms with E-state index < -0.39 is 65.7 Å². The van der Waals surface area contributed by atoms with Crippen molar-refractivity contribution in [3.8, 4) is 11.5 Å². The largest absolute Gasteiger partial charge is 1.00 e.